The standard InChI is InChI=1S/C22H31N3O4S2/c1-3-5-14-29-15-16-31(27,28)18-10-8-17(9-11-18)24-21(26)20-19(7-4-2)25-13-6-12-23-22(25)30-20/h8-11H,3-7,12-16H2,1-2H3,(H,24,26). The molecular weight excluding hydrogens is 434 g/mol. The van der Waals surface area contributed by atoms with Crippen LogP contribution in [-0.4, -0.2) is 56.4 Å². The predicted molar refractivity (Wildman–Crippen MR) is 126 cm³/mol. The number of nitrogens with one attached hydrogen (secondary N) is 1. The molecule has 0 aromatic heterocycles. The summed E-state index contributed by atoms with van der Waals surface area (Å²) in [4.78, 5) is 20.6. The molecule has 2 heterocycles. The van der Waals surface area contributed by atoms with E-state index in [-0.39, 0.29) is 23.2 Å². The van der Waals surface area contributed by atoms with Gasteiger partial charge in [-0.1, -0.05) is 26.7 Å². The summed E-state index contributed by atoms with van der Waals surface area (Å²) in [6, 6.07) is 6.33. The van der Waals surface area contributed by atoms with Crippen LogP contribution in [0.3, 0.4) is 0 Å². The molecule has 1 amide bonds. The van der Waals surface area contributed by atoms with E-state index in [2.05, 4.69) is 29.1 Å². The number of unbranched alkanes of at least 4 members (excludes halogenated alkanes) is 1. The van der Waals surface area contributed by atoms with Crippen LogP contribution in [0.25, 0.3) is 0 Å². The first kappa shape index (κ1) is 23.8. The average molecular weight is 466 g/mol. The zero-order valence-corrected chi connectivity index (χ0v) is 19.9. The van der Waals surface area contributed by atoms with E-state index in [9.17, 15) is 13.2 Å². The number of aliphatic imine (C=N–C) groups is 1. The molecule has 0 atom stereocenters. The lowest BCUT2D eigenvalue weighted by Crippen LogP contribution is -2.29. The van der Waals surface area contributed by atoms with Crippen molar-refractivity contribution in [3.05, 3.63) is 34.9 Å². The van der Waals surface area contributed by atoms with Crippen LogP contribution in [-0.2, 0) is 19.4 Å². The number of carbonyl (C=O) groups excluding carboxylic acids is 1. The van der Waals surface area contributed by atoms with E-state index in [1.807, 2.05) is 0 Å². The summed E-state index contributed by atoms with van der Waals surface area (Å²) in [5, 5.41) is 3.81. The molecule has 0 saturated heterocycles. The smallest absolute Gasteiger partial charge is 0.264 e. The molecule has 9 heteroatoms. The van der Waals surface area contributed by atoms with Crippen LogP contribution in [0.15, 0.2) is 44.8 Å². The van der Waals surface area contributed by atoms with E-state index < -0.39 is 9.84 Å². The SMILES string of the molecule is CCCCOCCS(=O)(=O)c1ccc(NC(=O)C2=C(CCC)N3CCCN=C3S2)cc1. The molecular formula is C22H31N3O4S2. The van der Waals surface area contributed by atoms with Gasteiger partial charge in [0.1, 0.15) is 0 Å². The Morgan fingerprint density at radius 2 is 1.97 bits per heavy atom. The van der Waals surface area contributed by atoms with Crippen molar-refractivity contribution in [1.29, 1.82) is 0 Å². The van der Waals surface area contributed by atoms with E-state index in [4.69, 9.17) is 4.74 Å². The molecule has 7 nitrogen and oxygen atoms in total. The van der Waals surface area contributed by atoms with Crippen molar-refractivity contribution in [2.45, 2.75) is 50.8 Å². The van der Waals surface area contributed by atoms with Gasteiger partial charge in [-0.2, -0.15) is 0 Å². The number of carbonyl (C=O) groups is 1. The van der Waals surface area contributed by atoms with E-state index in [1.165, 1.54) is 23.9 Å². The molecule has 2 aliphatic rings. The summed E-state index contributed by atoms with van der Waals surface area (Å²) >= 11 is 1.43. The lowest BCUT2D eigenvalue weighted by Gasteiger charge is -2.25. The number of benzene rings is 1. The molecule has 0 fully saturated rings. The molecule has 0 aliphatic carbocycles. The van der Waals surface area contributed by atoms with E-state index in [0.717, 1.165) is 56.1 Å². The van der Waals surface area contributed by atoms with Gasteiger partial charge in [0.15, 0.2) is 15.0 Å². The second-order valence-electron chi connectivity index (χ2n) is 7.56. The number of amides is 1. The number of amidine groups is 1. The Kier molecular flexibility index (Phi) is 8.57. The van der Waals surface area contributed by atoms with Crippen molar-refractivity contribution in [1.82, 2.24) is 4.90 Å². The van der Waals surface area contributed by atoms with Crippen LogP contribution < -0.4 is 5.32 Å². The normalized spacial score (nSPS) is 16.3. The molecule has 0 spiro atoms. The highest BCUT2D eigenvalue weighted by molar-refractivity contribution is 8.18. The summed E-state index contributed by atoms with van der Waals surface area (Å²) in [5.41, 5.74) is 1.60. The minimum absolute atomic E-state index is 0.0513. The van der Waals surface area contributed by atoms with Crippen molar-refractivity contribution < 1.29 is 17.9 Å². The maximum Gasteiger partial charge on any atom is 0.264 e. The van der Waals surface area contributed by atoms with Gasteiger partial charge in [-0.3, -0.25) is 9.79 Å². The van der Waals surface area contributed by atoms with Gasteiger partial charge in [0.25, 0.3) is 5.91 Å². The Hall–Kier alpha value is -1.84. The molecule has 1 aromatic carbocycles. The third kappa shape index (κ3) is 6.11. The highest BCUT2D eigenvalue weighted by Gasteiger charge is 2.33. The third-order valence-corrected chi connectivity index (χ3v) is 7.95. The predicted octanol–water partition coefficient (Wildman–Crippen LogP) is 4.04. The van der Waals surface area contributed by atoms with Crippen LogP contribution in [0.1, 0.15) is 46.0 Å². The van der Waals surface area contributed by atoms with Crippen LogP contribution in [0.5, 0.6) is 0 Å². The van der Waals surface area contributed by atoms with Crippen molar-refractivity contribution >= 4 is 38.4 Å². The third-order valence-electron chi connectivity index (χ3n) is 5.10. The molecule has 0 radical (unpaired) electrons. The van der Waals surface area contributed by atoms with Gasteiger partial charge < -0.3 is 15.0 Å². The Bertz CT molecular complexity index is 940. The number of fused-ring (bicyclic) bond motifs is 1. The van der Waals surface area contributed by atoms with E-state index >= 15 is 0 Å². The van der Waals surface area contributed by atoms with Gasteiger partial charge in [0.2, 0.25) is 0 Å². The fraction of sp³-hybridized carbons (Fsp3) is 0.545. The minimum Gasteiger partial charge on any atom is -0.380 e. The molecule has 3 rings (SSSR count). The average Bonchev–Trinajstić information content (AvgIpc) is 3.13. The van der Waals surface area contributed by atoms with E-state index in [0.29, 0.717) is 17.2 Å². The molecule has 0 saturated carbocycles. The van der Waals surface area contributed by atoms with Gasteiger partial charge in [-0.15, -0.1) is 0 Å². The van der Waals surface area contributed by atoms with Gasteiger partial charge in [0, 0.05) is 31.1 Å². The van der Waals surface area contributed by atoms with Crippen LogP contribution >= 0.6 is 11.8 Å². The lowest BCUT2D eigenvalue weighted by atomic mass is 10.2. The maximum atomic E-state index is 12.9. The van der Waals surface area contributed by atoms with Crippen molar-refractivity contribution in [3.63, 3.8) is 0 Å². The second kappa shape index (κ2) is 11.2. The molecule has 170 valence electrons. The fourth-order valence-corrected chi connectivity index (χ4v) is 5.67. The topological polar surface area (TPSA) is 88.1 Å². The van der Waals surface area contributed by atoms with E-state index in [1.54, 1.807) is 12.1 Å². The largest absolute Gasteiger partial charge is 0.380 e. The highest BCUT2D eigenvalue weighted by Crippen LogP contribution is 2.38. The maximum absolute atomic E-state index is 12.9. The summed E-state index contributed by atoms with van der Waals surface area (Å²) < 4.78 is 30.3. The summed E-state index contributed by atoms with van der Waals surface area (Å²) in [6.45, 7) is 6.62. The number of allylic oxidation sites excluding steroid dienone is 1. The first-order valence-electron chi connectivity index (χ1n) is 10.9. The Labute approximate surface area is 189 Å². The monoisotopic (exact) mass is 465 g/mol. The number of hydrogen-bond acceptors (Lipinski definition) is 7. The number of anilines is 1. The molecule has 0 unspecified atom stereocenters. The number of thioether (sulfide) groups is 1. The van der Waals surface area contributed by atoms with Gasteiger partial charge in [0.05, 0.1) is 22.2 Å². The summed E-state index contributed by atoms with van der Waals surface area (Å²) in [6.07, 6.45) is 4.71. The number of sulfone groups is 1. The van der Waals surface area contributed by atoms with Crippen LogP contribution in [0.2, 0.25) is 0 Å². The number of ether oxygens (including phenoxy) is 1. The minimum atomic E-state index is -3.41. The highest BCUT2D eigenvalue weighted by atomic mass is 32.2. The first-order chi connectivity index (χ1) is 15.0. The van der Waals surface area contributed by atoms with Gasteiger partial charge in [-0.05, 0) is 55.3 Å². The van der Waals surface area contributed by atoms with Crippen LogP contribution in [0, 0.1) is 0 Å². The zero-order chi connectivity index (χ0) is 22.3. The van der Waals surface area contributed by atoms with Crippen molar-refractivity contribution in [2.24, 2.45) is 4.99 Å². The molecule has 0 bridgehead atoms. The first-order valence-corrected chi connectivity index (χ1v) is 13.4. The van der Waals surface area contributed by atoms with Gasteiger partial charge in [-0.25, -0.2) is 8.42 Å². The lowest BCUT2D eigenvalue weighted by molar-refractivity contribution is -0.112. The Balaban J connectivity index is 1.64. The Morgan fingerprint density at radius 3 is 2.68 bits per heavy atom. The second-order valence-corrected chi connectivity index (χ2v) is 10.6. The zero-order valence-electron chi connectivity index (χ0n) is 18.2. The molecule has 2 aliphatic heterocycles. The number of hydrogen-bond donors (Lipinski definition) is 1. The summed E-state index contributed by atoms with van der Waals surface area (Å²) in [7, 11) is -3.41. The molecule has 31 heavy (non-hydrogen) atoms. The molecule has 1 N–H and O–H groups in total. The number of nitrogens with zero attached hydrogens (tertiary/aromatic N) is 2. The fourth-order valence-electron chi connectivity index (χ4n) is 3.43. The Morgan fingerprint density at radius 1 is 1.19 bits per heavy atom. The number of rotatable bonds is 11. The van der Waals surface area contributed by atoms with Crippen molar-refractivity contribution in [3.8, 4) is 0 Å². The van der Waals surface area contributed by atoms with Crippen LogP contribution in [0.4, 0.5) is 5.69 Å². The van der Waals surface area contributed by atoms with Gasteiger partial charge >= 0.3 is 0 Å². The molecule has 1 aromatic rings. The van der Waals surface area contributed by atoms with Crippen molar-refractivity contribution in [2.75, 3.05) is 37.4 Å². The quantitative estimate of drug-likeness (QED) is 0.496. The summed E-state index contributed by atoms with van der Waals surface area (Å²) in [5.74, 6) is -0.227.